The normalized spacial score (nSPS) is 7.10. The Hall–Kier alpha value is -2.62. The first kappa shape index (κ1) is 31.0. The molecule has 0 aromatic rings. The van der Waals surface area contributed by atoms with Crippen molar-refractivity contribution in [2.75, 3.05) is 6.54 Å². The van der Waals surface area contributed by atoms with E-state index in [-0.39, 0.29) is 0 Å². The SMILES string of the molecule is CC(=O)O.CC(=O)O.CC(=O)O.CC(=O)O.NC=CCN. The van der Waals surface area contributed by atoms with Crippen molar-refractivity contribution in [2.24, 2.45) is 11.5 Å². The van der Waals surface area contributed by atoms with Crippen LogP contribution in [0.2, 0.25) is 0 Å². The lowest BCUT2D eigenvalue weighted by Gasteiger charge is -1.68. The van der Waals surface area contributed by atoms with Gasteiger partial charge in [-0.3, -0.25) is 19.2 Å². The second kappa shape index (κ2) is 30.4. The topological polar surface area (TPSA) is 201 Å². The van der Waals surface area contributed by atoms with Crippen molar-refractivity contribution in [3.63, 3.8) is 0 Å². The molecule has 0 saturated heterocycles. The molecule has 0 amide bonds. The molecule has 0 aliphatic carbocycles. The molecule has 0 unspecified atom stereocenters. The van der Waals surface area contributed by atoms with E-state index >= 15 is 0 Å². The molecule has 0 bridgehead atoms. The molecule has 0 aromatic carbocycles. The summed E-state index contributed by atoms with van der Waals surface area (Å²) in [5.74, 6) is -3.33. The van der Waals surface area contributed by atoms with E-state index in [1.165, 1.54) is 6.20 Å². The smallest absolute Gasteiger partial charge is 0.300 e. The number of nitrogens with two attached hydrogens (primary N) is 2. The zero-order valence-corrected chi connectivity index (χ0v) is 12.4. The van der Waals surface area contributed by atoms with Crippen LogP contribution in [0.4, 0.5) is 0 Å². The molecule has 0 spiro atoms. The van der Waals surface area contributed by atoms with Crippen LogP contribution in [-0.4, -0.2) is 50.8 Å². The Morgan fingerprint density at radius 1 is 0.762 bits per heavy atom. The van der Waals surface area contributed by atoms with E-state index in [2.05, 4.69) is 0 Å². The maximum absolute atomic E-state index is 9.00. The molecule has 0 saturated carbocycles. The lowest BCUT2D eigenvalue weighted by molar-refractivity contribution is -0.135. The fraction of sp³-hybridized carbons (Fsp3) is 0.455. The highest BCUT2D eigenvalue weighted by atomic mass is 16.4. The number of hydrogen-bond donors (Lipinski definition) is 6. The average Bonchev–Trinajstić information content (AvgIpc) is 2.14. The van der Waals surface area contributed by atoms with Crippen molar-refractivity contribution < 1.29 is 39.6 Å². The molecule has 0 fully saturated rings. The van der Waals surface area contributed by atoms with Gasteiger partial charge in [-0.2, -0.15) is 0 Å². The molecule has 126 valence electrons. The summed E-state index contributed by atoms with van der Waals surface area (Å²) < 4.78 is 0. The highest BCUT2D eigenvalue weighted by Gasteiger charge is 1.66. The predicted octanol–water partition coefficient (Wildman–Crippen LogP) is -0.219. The molecule has 10 heteroatoms. The maximum Gasteiger partial charge on any atom is 0.300 e. The third-order valence-corrected chi connectivity index (χ3v) is 0.272. The van der Waals surface area contributed by atoms with Crippen LogP contribution in [0, 0.1) is 0 Å². The summed E-state index contributed by atoms with van der Waals surface area (Å²) in [6.45, 7) is 4.87. The Bertz CT molecular complexity index is 239. The Kier molecular flexibility index (Phi) is 44.9. The van der Waals surface area contributed by atoms with Crippen LogP contribution in [0.25, 0.3) is 0 Å². The minimum absolute atomic E-state index is 0.538. The van der Waals surface area contributed by atoms with Gasteiger partial charge in [-0.15, -0.1) is 0 Å². The van der Waals surface area contributed by atoms with Gasteiger partial charge in [0.15, 0.2) is 0 Å². The predicted molar refractivity (Wildman–Crippen MR) is 75.6 cm³/mol. The van der Waals surface area contributed by atoms with Gasteiger partial charge in [0.2, 0.25) is 0 Å². The van der Waals surface area contributed by atoms with Crippen molar-refractivity contribution in [2.45, 2.75) is 27.7 Å². The lowest BCUT2D eigenvalue weighted by Crippen LogP contribution is -1.93. The van der Waals surface area contributed by atoms with Crippen LogP contribution >= 0.6 is 0 Å². The fourth-order valence-corrected chi connectivity index (χ4v) is 0.0786. The molecule has 0 aliphatic rings. The summed E-state index contributed by atoms with van der Waals surface area (Å²) in [6, 6.07) is 0. The van der Waals surface area contributed by atoms with E-state index in [0.717, 1.165) is 27.7 Å². The molecule has 10 nitrogen and oxygen atoms in total. The molecule has 0 aliphatic heterocycles. The molecule has 0 aromatic heterocycles. The van der Waals surface area contributed by atoms with Crippen LogP contribution < -0.4 is 11.5 Å². The summed E-state index contributed by atoms with van der Waals surface area (Å²) in [4.78, 5) is 36.0. The Labute approximate surface area is 122 Å². The average molecular weight is 312 g/mol. The van der Waals surface area contributed by atoms with E-state index in [9.17, 15) is 0 Å². The van der Waals surface area contributed by atoms with E-state index in [4.69, 9.17) is 51.1 Å². The fourth-order valence-electron chi connectivity index (χ4n) is 0.0786. The van der Waals surface area contributed by atoms with Gasteiger partial charge in [0, 0.05) is 34.2 Å². The first-order valence-corrected chi connectivity index (χ1v) is 5.19. The second-order valence-corrected chi connectivity index (χ2v) is 2.74. The van der Waals surface area contributed by atoms with E-state index in [1.54, 1.807) is 6.08 Å². The molecule has 0 radical (unpaired) electrons. The standard InChI is InChI=1S/C3H8N2.4C2H4O2/c4-2-1-3-5;4*1-2(3)4/h1-2H,3-5H2;4*1H3,(H,3,4). The van der Waals surface area contributed by atoms with Gasteiger partial charge < -0.3 is 31.9 Å². The van der Waals surface area contributed by atoms with Crippen LogP contribution in [0.1, 0.15) is 27.7 Å². The van der Waals surface area contributed by atoms with Gasteiger partial charge in [0.1, 0.15) is 0 Å². The maximum atomic E-state index is 9.00. The number of hydrogen-bond acceptors (Lipinski definition) is 6. The van der Waals surface area contributed by atoms with Gasteiger partial charge in [0.25, 0.3) is 23.9 Å². The molecular weight excluding hydrogens is 288 g/mol. The van der Waals surface area contributed by atoms with Crippen LogP contribution in [0.5, 0.6) is 0 Å². The third kappa shape index (κ3) is 10700. The van der Waals surface area contributed by atoms with Gasteiger partial charge in [-0.05, 0) is 6.20 Å². The number of carboxylic acid groups (broad SMARTS) is 4. The van der Waals surface area contributed by atoms with E-state index < -0.39 is 23.9 Å². The minimum Gasteiger partial charge on any atom is -0.481 e. The van der Waals surface area contributed by atoms with Gasteiger partial charge in [-0.25, -0.2) is 0 Å². The Balaban J connectivity index is -0.0000000510. The van der Waals surface area contributed by atoms with Crippen molar-refractivity contribution in [1.82, 2.24) is 0 Å². The van der Waals surface area contributed by atoms with Crippen molar-refractivity contribution in [3.05, 3.63) is 12.3 Å². The van der Waals surface area contributed by atoms with E-state index in [0.29, 0.717) is 6.54 Å². The number of carbonyl (C=O) groups is 4. The minimum atomic E-state index is -0.833. The zero-order chi connectivity index (χ0) is 18.4. The van der Waals surface area contributed by atoms with Crippen molar-refractivity contribution in [3.8, 4) is 0 Å². The van der Waals surface area contributed by atoms with Crippen molar-refractivity contribution >= 4 is 23.9 Å². The summed E-state index contributed by atoms with van der Waals surface area (Å²) in [5, 5.41) is 29.7. The number of rotatable bonds is 1. The van der Waals surface area contributed by atoms with Crippen molar-refractivity contribution in [1.29, 1.82) is 0 Å². The first-order chi connectivity index (χ1) is 9.34. The molecule has 0 rings (SSSR count). The van der Waals surface area contributed by atoms with Gasteiger partial charge in [-0.1, -0.05) is 6.08 Å². The molecule has 8 N–H and O–H groups in total. The molecular formula is C11H24N2O8. The summed E-state index contributed by atoms with van der Waals surface area (Å²) in [6.07, 6.45) is 3.11. The molecule has 0 atom stereocenters. The highest BCUT2D eigenvalue weighted by molar-refractivity contribution is 5.63. The Morgan fingerprint density at radius 2 is 0.905 bits per heavy atom. The third-order valence-electron chi connectivity index (χ3n) is 0.272. The summed E-state index contributed by atoms with van der Waals surface area (Å²) >= 11 is 0. The number of carboxylic acids is 4. The summed E-state index contributed by atoms with van der Waals surface area (Å²) in [7, 11) is 0. The van der Waals surface area contributed by atoms with Crippen LogP contribution in [0.15, 0.2) is 12.3 Å². The van der Waals surface area contributed by atoms with E-state index in [1.807, 2.05) is 0 Å². The van der Waals surface area contributed by atoms with Gasteiger partial charge in [0.05, 0.1) is 0 Å². The Morgan fingerprint density at radius 3 is 0.905 bits per heavy atom. The lowest BCUT2D eigenvalue weighted by atomic mass is 10.6. The van der Waals surface area contributed by atoms with Crippen LogP contribution in [0.3, 0.4) is 0 Å². The summed E-state index contributed by atoms with van der Waals surface area (Å²) in [5.41, 5.74) is 9.85. The molecule has 21 heavy (non-hydrogen) atoms. The largest absolute Gasteiger partial charge is 0.481 e. The zero-order valence-electron chi connectivity index (χ0n) is 12.4. The first-order valence-electron chi connectivity index (χ1n) is 5.19. The monoisotopic (exact) mass is 312 g/mol. The second-order valence-electron chi connectivity index (χ2n) is 2.74. The molecule has 0 heterocycles. The quantitative estimate of drug-likeness (QED) is 0.375. The van der Waals surface area contributed by atoms with Gasteiger partial charge >= 0.3 is 0 Å². The van der Waals surface area contributed by atoms with Crippen LogP contribution in [-0.2, 0) is 19.2 Å². The highest BCUT2D eigenvalue weighted by Crippen LogP contribution is 1.48. The number of aliphatic carboxylic acids is 4.